The molecule has 24 heavy (non-hydrogen) atoms. The molecule has 9 nitrogen and oxygen atoms in total. The van der Waals surface area contributed by atoms with Crippen LogP contribution in [-0.2, 0) is 9.59 Å². The molecule has 1 atom stereocenters. The van der Waals surface area contributed by atoms with E-state index in [0.717, 1.165) is 10.6 Å². The molecule has 2 saturated heterocycles. The van der Waals surface area contributed by atoms with Crippen LogP contribution in [0, 0.1) is 6.92 Å². The molecule has 0 saturated carbocycles. The van der Waals surface area contributed by atoms with Gasteiger partial charge in [-0.15, -0.1) is 0 Å². The van der Waals surface area contributed by atoms with Gasteiger partial charge in [0, 0.05) is 19.3 Å². The van der Waals surface area contributed by atoms with E-state index in [2.05, 4.69) is 15.8 Å². The van der Waals surface area contributed by atoms with Gasteiger partial charge in [0.25, 0.3) is 11.8 Å². The third-order valence-corrected chi connectivity index (χ3v) is 4.61. The minimum atomic E-state index is -0.954. The first-order valence-corrected chi connectivity index (χ1v) is 8.01. The van der Waals surface area contributed by atoms with E-state index >= 15 is 0 Å². The van der Waals surface area contributed by atoms with Gasteiger partial charge in [-0.05, 0) is 25.8 Å². The molecule has 1 aromatic heterocycles. The van der Waals surface area contributed by atoms with Gasteiger partial charge < -0.3 is 5.32 Å². The maximum atomic E-state index is 12.2. The number of carbonyl (C=O) groups is 3. The molecule has 1 aromatic rings. The number of nitrogens with zero attached hydrogens (tertiary/aromatic N) is 4. The summed E-state index contributed by atoms with van der Waals surface area (Å²) < 4.78 is 1.90. The molecule has 0 aliphatic carbocycles. The number of amides is 4. The summed E-state index contributed by atoms with van der Waals surface area (Å²) in [6, 6.07) is -0.335. The minimum Gasteiger partial charge on any atom is -0.322 e. The van der Waals surface area contributed by atoms with Crippen molar-refractivity contribution in [3.8, 4) is 0 Å². The molecule has 0 unspecified atom stereocenters. The van der Waals surface area contributed by atoms with Crippen molar-refractivity contribution in [2.75, 3.05) is 19.6 Å². The van der Waals surface area contributed by atoms with Crippen molar-refractivity contribution in [1.82, 2.24) is 30.4 Å². The van der Waals surface area contributed by atoms with Crippen LogP contribution in [0.4, 0.5) is 4.79 Å². The van der Waals surface area contributed by atoms with Crippen molar-refractivity contribution in [3.05, 3.63) is 18.0 Å². The van der Waals surface area contributed by atoms with E-state index in [1.807, 2.05) is 22.7 Å². The average molecular weight is 334 g/mol. The van der Waals surface area contributed by atoms with E-state index < -0.39 is 17.5 Å². The van der Waals surface area contributed by atoms with Crippen LogP contribution in [-0.4, -0.2) is 62.7 Å². The Morgan fingerprint density at radius 3 is 2.71 bits per heavy atom. The van der Waals surface area contributed by atoms with Gasteiger partial charge in [0.05, 0.1) is 18.8 Å². The molecule has 130 valence electrons. The van der Waals surface area contributed by atoms with Gasteiger partial charge >= 0.3 is 6.03 Å². The lowest BCUT2D eigenvalue weighted by Crippen LogP contribution is -2.55. The van der Waals surface area contributed by atoms with Gasteiger partial charge in [0.15, 0.2) is 0 Å². The summed E-state index contributed by atoms with van der Waals surface area (Å²) in [5.41, 5.74) is 2.54. The summed E-state index contributed by atoms with van der Waals surface area (Å²) in [5, 5.41) is 7.64. The first kappa shape index (κ1) is 16.4. The number of urea groups is 1. The standard InChI is InChI=1S/C15H22N6O3/c1-4-15(3)13(23)21(14(24)17-15)18-12(22)9-19-7-11(8-19)20-6-10(2)5-16-20/h5-6,11H,4,7-9H2,1-3H3,(H,17,24)(H,18,22)/t15-/m1/s1. The first-order chi connectivity index (χ1) is 11.3. The third-order valence-electron chi connectivity index (χ3n) is 4.61. The number of hydrogen-bond donors (Lipinski definition) is 2. The Morgan fingerprint density at radius 2 is 2.17 bits per heavy atom. The van der Waals surface area contributed by atoms with E-state index in [1.54, 1.807) is 20.0 Å². The van der Waals surface area contributed by atoms with Crippen molar-refractivity contribution >= 4 is 17.8 Å². The molecule has 0 aromatic carbocycles. The maximum Gasteiger partial charge on any atom is 0.344 e. The van der Waals surface area contributed by atoms with Crippen molar-refractivity contribution in [1.29, 1.82) is 0 Å². The van der Waals surface area contributed by atoms with Crippen LogP contribution >= 0.6 is 0 Å². The molecular formula is C15H22N6O3. The molecule has 0 bridgehead atoms. The largest absolute Gasteiger partial charge is 0.344 e. The van der Waals surface area contributed by atoms with Crippen LogP contribution in [0.1, 0.15) is 31.9 Å². The minimum absolute atomic E-state index is 0.136. The molecule has 9 heteroatoms. The van der Waals surface area contributed by atoms with E-state index in [4.69, 9.17) is 0 Å². The SMILES string of the molecule is CC[C@@]1(C)NC(=O)N(NC(=O)CN2CC(n3cc(C)cn3)C2)C1=O. The van der Waals surface area contributed by atoms with E-state index in [1.165, 1.54) is 0 Å². The number of likely N-dealkylation sites (tertiary alicyclic amines) is 1. The second kappa shape index (κ2) is 5.90. The van der Waals surface area contributed by atoms with E-state index in [0.29, 0.717) is 19.5 Å². The highest BCUT2D eigenvalue weighted by Crippen LogP contribution is 2.21. The lowest BCUT2D eigenvalue weighted by molar-refractivity contribution is -0.139. The Labute approximate surface area is 139 Å². The van der Waals surface area contributed by atoms with E-state index in [9.17, 15) is 14.4 Å². The highest BCUT2D eigenvalue weighted by Gasteiger charge is 2.47. The van der Waals surface area contributed by atoms with Crippen LogP contribution in [0.2, 0.25) is 0 Å². The average Bonchev–Trinajstić information content (AvgIpc) is 3.00. The summed E-state index contributed by atoms with van der Waals surface area (Å²) in [6.07, 6.45) is 4.24. The molecule has 2 fully saturated rings. The number of aryl methyl sites for hydroxylation is 1. The highest BCUT2D eigenvalue weighted by atomic mass is 16.2. The van der Waals surface area contributed by atoms with Gasteiger partial charge in [0.2, 0.25) is 0 Å². The van der Waals surface area contributed by atoms with Crippen molar-refractivity contribution < 1.29 is 14.4 Å². The van der Waals surface area contributed by atoms with Gasteiger partial charge in [0.1, 0.15) is 5.54 Å². The fraction of sp³-hybridized carbons (Fsp3) is 0.600. The number of imide groups is 1. The second-order valence-electron chi connectivity index (χ2n) is 6.64. The lowest BCUT2D eigenvalue weighted by Gasteiger charge is -2.38. The zero-order chi connectivity index (χ0) is 17.5. The Hall–Kier alpha value is -2.42. The summed E-state index contributed by atoms with van der Waals surface area (Å²) in [6.45, 7) is 6.99. The molecule has 2 aliphatic heterocycles. The van der Waals surface area contributed by atoms with Crippen LogP contribution in [0.25, 0.3) is 0 Å². The molecule has 3 heterocycles. The quantitative estimate of drug-likeness (QED) is 0.727. The number of nitrogens with one attached hydrogen (secondary N) is 2. The number of rotatable bonds is 5. The molecule has 4 amide bonds. The van der Waals surface area contributed by atoms with Crippen LogP contribution in [0.5, 0.6) is 0 Å². The predicted octanol–water partition coefficient (Wildman–Crippen LogP) is -0.200. The Morgan fingerprint density at radius 1 is 1.46 bits per heavy atom. The monoisotopic (exact) mass is 334 g/mol. The van der Waals surface area contributed by atoms with Crippen LogP contribution in [0.3, 0.4) is 0 Å². The second-order valence-corrected chi connectivity index (χ2v) is 6.64. The molecule has 2 N–H and O–H groups in total. The number of hydrogen-bond acceptors (Lipinski definition) is 5. The van der Waals surface area contributed by atoms with Crippen molar-refractivity contribution in [3.63, 3.8) is 0 Å². The first-order valence-electron chi connectivity index (χ1n) is 8.01. The highest BCUT2D eigenvalue weighted by molar-refractivity contribution is 6.07. The summed E-state index contributed by atoms with van der Waals surface area (Å²) >= 11 is 0. The molecule has 0 radical (unpaired) electrons. The third kappa shape index (κ3) is 2.86. The Kier molecular flexibility index (Phi) is 4.04. The Balaban J connectivity index is 1.49. The van der Waals surface area contributed by atoms with E-state index in [-0.39, 0.29) is 18.5 Å². The fourth-order valence-electron chi connectivity index (χ4n) is 2.86. The lowest BCUT2D eigenvalue weighted by atomic mass is 10.00. The van der Waals surface area contributed by atoms with Gasteiger partial charge in [-0.2, -0.15) is 10.1 Å². The molecule has 3 rings (SSSR count). The number of carbonyl (C=O) groups excluding carboxylic acids is 3. The predicted molar refractivity (Wildman–Crippen MR) is 84.7 cm³/mol. The van der Waals surface area contributed by atoms with Gasteiger partial charge in [-0.3, -0.25) is 24.6 Å². The topological polar surface area (TPSA) is 99.6 Å². The van der Waals surface area contributed by atoms with Crippen LogP contribution < -0.4 is 10.7 Å². The number of hydrazine groups is 1. The zero-order valence-electron chi connectivity index (χ0n) is 14.1. The molecule has 2 aliphatic rings. The summed E-state index contributed by atoms with van der Waals surface area (Å²) in [5.74, 6) is -0.814. The Bertz CT molecular complexity index is 681. The smallest absolute Gasteiger partial charge is 0.322 e. The number of aromatic nitrogens is 2. The van der Waals surface area contributed by atoms with Crippen LogP contribution in [0.15, 0.2) is 12.4 Å². The van der Waals surface area contributed by atoms with Gasteiger partial charge in [-0.1, -0.05) is 6.92 Å². The fourth-order valence-corrected chi connectivity index (χ4v) is 2.86. The maximum absolute atomic E-state index is 12.2. The normalized spacial score (nSPS) is 24.9. The summed E-state index contributed by atoms with van der Waals surface area (Å²) in [7, 11) is 0. The molecular weight excluding hydrogens is 312 g/mol. The van der Waals surface area contributed by atoms with Gasteiger partial charge in [-0.25, -0.2) is 4.79 Å². The zero-order valence-corrected chi connectivity index (χ0v) is 14.1. The van der Waals surface area contributed by atoms with Crippen molar-refractivity contribution in [2.45, 2.75) is 38.8 Å². The van der Waals surface area contributed by atoms with Crippen molar-refractivity contribution in [2.24, 2.45) is 0 Å². The molecule has 0 spiro atoms. The summed E-state index contributed by atoms with van der Waals surface area (Å²) in [4.78, 5) is 38.1.